The van der Waals surface area contributed by atoms with Crippen molar-refractivity contribution in [1.82, 2.24) is 4.98 Å². The Morgan fingerprint density at radius 2 is 1.85 bits per heavy atom. The minimum atomic E-state index is 0.0893. The summed E-state index contributed by atoms with van der Waals surface area (Å²) >= 11 is 0. The van der Waals surface area contributed by atoms with Gasteiger partial charge in [-0.15, -0.1) is 0 Å². The average Bonchev–Trinajstić information content (AvgIpc) is 2.01. The molecule has 1 heterocycles. The Kier molecular flexibility index (Phi) is 2.60. The van der Waals surface area contributed by atoms with E-state index in [4.69, 9.17) is 4.74 Å². The van der Waals surface area contributed by atoms with Gasteiger partial charge in [0, 0.05) is 11.3 Å². The van der Waals surface area contributed by atoms with Gasteiger partial charge in [0.05, 0.1) is 7.11 Å². The van der Waals surface area contributed by atoms with Gasteiger partial charge in [-0.05, 0) is 18.4 Å². The van der Waals surface area contributed by atoms with E-state index in [1.54, 1.807) is 7.11 Å². The molecular formula is C11H17NO. The molecule has 2 heteroatoms. The highest BCUT2D eigenvalue weighted by molar-refractivity contribution is 5.33. The first-order valence-corrected chi connectivity index (χ1v) is 4.47. The Morgan fingerprint density at radius 3 is 2.31 bits per heavy atom. The number of aryl methyl sites for hydroxylation is 1. The van der Waals surface area contributed by atoms with Gasteiger partial charge in [-0.3, -0.25) is 0 Å². The van der Waals surface area contributed by atoms with E-state index in [-0.39, 0.29) is 5.41 Å². The number of hydrogen-bond donors (Lipinski definition) is 0. The van der Waals surface area contributed by atoms with E-state index in [9.17, 15) is 0 Å². The Balaban J connectivity index is 3.22. The van der Waals surface area contributed by atoms with Crippen LogP contribution in [0.15, 0.2) is 12.1 Å². The molecule has 0 unspecified atom stereocenters. The fraction of sp³-hybridized carbons (Fsp3) is 0.545. The fourth-order valence-corrected chi connectivity index (χ4v) is 1.26. The van der Waals surface area contributed by atoms with Crippen molar-refractivity contribution in [1.29, 1.82) is 0 Å². The number of hydrogen-bond acceptors (Lipinski definition) is 2. The summed E-state index contributed by atoms with van der Waals surface area (Å²) < 4.78 is 5.24. The van der Waals surface area contributed by atoms with E-state index in [1.165, 1.54) is 0 Å². The molecule has 0 N–H and O–H groups in total. The van der Waals surface area contributed by atoms with Crippen LogP contribution in [0.5, 0.6) is 5.88 Å². The molecule has 0 atom stereocenters. The molecule has 0 aliphatic rings. The summed E-state index contributed by atoms with van der Waals surface area (Å²) in [7, 11) is 1.66. The zero-order valence-corrected chi connectivity index (χ0v) is 9.01. The molecule has 0 fully saturated rings. The van der Waals surface area contributed by atoms with Crippen molar-refractivity contribution in [2.45, 2.75) is 33.1 Å². The fourth-order valence-electron chi connectivity index (χ4n) is 1.26. The summed E-state index contributed by atoms with van der Waals surface area (Å²) in [6.45, 7) is 8.43. The van der Waals surface area contributed by atoms with Crippen LogP contribution in [-0.4, -0.2) is 12.1 Å². The van der Waals surface area contributed by atoms with E-state index in [0.717, 1.165) is 17.1 Å². The molecule has 1 aromatic heterocycles. The van der Waals surface area contributed by atoms with E-state index in [2.05, 4.69) is 31.8 Å². The molecule has 0 aromatic carbocycles. The molecule has 72 valence electrons. The molecule has 0 amide bonds. The third kappa shape index (κ3) is 2.20. The zero-order valence-electron chi connectivity index (χ0n) is 9.01. The van der Waals surface area contributed by atoms with Crippen LogP contribution in [0.1, 0.15) is 32.0 Å². The van der Waals surface area contributed by atoms with Crippen molar-refractivity contribution in [2.24, 2.45) is 0 Å². The van der Waals surface area contributed by atoms with Crippen LogP contribution in [-0.2, 0) is 5.41 Å². The van der Waals surface area contributed by atoms with Gasteiger partial charge in [-0.2, -0.15) is 0 Å². The van der Waals surface area contributed by atoms with Crippen molar-refractivity contribution in [3.8, 4) is 5.88 Å². The van der Waals surface area contributed by atoms with Crippen molar-refractivity contribution in [3.05, 3.63) is 23.4 Å². The smallest absolute Gasteiger partial charge is 0.217 e. The first-order valence-electron chi connectivity index (χ1n) is 4.47. The largest absolute Gasteiger partial charge is 0.481 e. The van der Waals surface area contributed by atoms with Crippen molar-refractivity contribution in [3.63, 3.8) is 0 Å². The number of aromatic nitrogens is 1. The van der Waals surface area contributed by atoms with E-state index < -0.39 is 0 Å². The lowest BCUT2D eigenvalue weighted by Gasteiger charge is -2.21. The van der Waals surface area contributed by atoms with Crippen LogP contribution in [0.4, 0.5) is 0 Å². The number of methoxy groups -OCH3 is 1. The lowest BCUT2D eigenvalue weighted by Crippen LogP contribution is -2.13. The molecule has 0 aliphatic heterocycles. The third-order valence-electron chi connectivity index (χ3n) is 2.00. The first kappa shape index (κ1) is 10.0. The molecule has 0 aliphatic carbocycles. The SMILES string of the molecule is COc1nc(C)ccc1C(C)(C)C. The monoisotopic (exact) mass is 179 g/mol. The lowest BCUT2D eigenvalue weighted by molar-refractivity contribution is 0.379. The van der Waals surface area contributed by atoms with Crippen LogP contribution in [0.2, 0.25) is 0 Å². The molecule has 0 saturated heterocycles. The number of nitrogens with zero attached hydrogens (tertiary/aromatic N) is 1. The van der Waals surface area contributed by atoms with E-state index >= 15 is 0 Å². The first-order chi connectivity index (χ1) is 5.95. The van der Waals surface area contributed by atoms with Crippen LogP contribution in [0, 0.1) is 6.92 Å². The summed E-state index contributed by atoms with van der Waals surface area (Å²) in [6.07, 6.45) is 0. The maximum Gasteiger partial charge on any atom is 0.217 e. The summed E-state index contributed by atoms with van der Waals surface area (Å²) in [5.41, 5.74) is 2.23. The lowest BCUT2D eigenvalue weighted by atomic mass is 9.87. The van der Waals surface area contributed by atoms with Gasteiger partial charge in [0.2, 0.25) is 5.88 Å². The highest BCUT2D eigenvalue weighted by Gasteiger charge is 2.19. The standard InChI is InChI=1S/C11H17NO/c1-8-6-7-9(11(2,3)4)10(12-8)13-5/h6-7H,1-5H3. The molecular weight excluding hydrogens is 162 g/mol. The van der Waals surface area contributed by atoms with Crippen LogP contribution >= 0.6 is 0 Å². The Bertz CT molecular complexity index is 299. The molecule has 2 nitrogen and oxygen atoms in total. The molecule has 0 saturated carbocycles. The van der Waals surface area contributed by atoms with Gasteiger partial charge >= 0.3 is 0 Å². The maximum atomic E-state index is 5.24. The Morgan fingerprint density at radius 1 is 1.23 bits per heavy atom. The molecule has 1 rings (SSSR count). The normalized spacial score (nSPS) is 11.5. The maximum absolute atomic E-state index is 5.24. The molecule has 0 bridgehead atoms. The van der Waals surface area contributed by atoms with Crippen LogP contribution < -0.4 is 4.74 Å². The Labute approximate surface area is 80.0 Å². The van der Waals surface area contributed by atoms with E-state index in [0.29, 0.717) is 0 Å². The minimum Gasteiger partial charge on any atom is -0.481 e. The van der Waals surface area contributed by atoms with Crippen LogP contribution in [0.3, 0.4) is 0 Å². The second-order valence-electron chi connectivity index (χ2n) is 4.26. The van der Waals surface area contributed by atoms with Gasteiger partial charge in [0.25, 0.3) is 0 Å². The molecule has 0 spiro atoms. The van der Waals surface area contributed by atoms with Crippen LogP contribution in [0.25, 0.3) is 0 Å². The average molecular weight is 179 g/mol. The number of rotatable bonds is 1. The second-order valence-corrected chi connectivity index (χ2v) is 4.26. The molecule has 0 radical (unpaired) electrons. The van der Waals surface area contributed by atoms with Gasteiger partial charge in [-0.1, -0.05) is 26.8 Å². The quantitative estimate of drug-likeness (QED) is 0.661. The summed E-state index contributed by atoms with van der Waals surface area (Å²) in [5.74, 6) is 0.743. The topological polar surface area (TPSA) is 22.1 Å². The van der Waals surface area contributed by atoms with Crippen molar-refractivity contribution >= 4 is 0 Å². The third-order valence-corrected chi connectivity index (χ3v) is 2.00. The molecule has 1 aromatic rings. The predicted octanol–water partition coefficient (Wildman–Crippen LogP) is 2.70. The Hall–Kier alpha value is -1.05. The second kappa shape index (κ2) is 3.36. The van der Waals surface area contributed by atoms with E-state index in [1.807, 2.05) is 13.0 Å². The summed E-state index contributed by atoms with van der Waals surface area (Å²) in [6, 6.07) is 4.10. The van der Waals surface area contributed by atoms with Gasteiger partial charge in [-0.25, -0.2) is 4.98 Å². The van der Waals surface area contributed by atoms with Gasteiger partial charge < -0.3 is 4.74 Å². The van der Waals surface area contributed by atoms with Crippen molar-refractivity contribution < 1.29 is 4.74 Å². The summed E-state index contributed by atoms with van der Waals surface area (Å²) in [5, 5.41) is 0. The summed E-state index contributed by atoms with van der Waals surface area (Å²) in [4.78, 5) is 4.34. The highest BCUT2D eigenvalue weighted by atomic mass is 16.5. The number of pyridine rings is 1. The molecule has 13 heavy (non-hydrogen) atoms. The minimum absolute atomic E-state index is 0.0893. The predicted molar refractivity (Wildman–Crippen MR) is 54.2 cm³/mol. The van der Waals surface area contributed by atoms with Gasteiger partial charge in [0.1, 0.15) is 0 Å². The van der Waals surface area contributed by atoms with Gasteiger partial charge in [0.15, 0.2) is 0 Å². The van der Waals surface area contributed by atoms with Crippen molar-refractivity contribution in [2.75, 3.05) is 7.11 Å². The number of ether oxygens (including phenoxy) is 1. The zero-order chi connectivity index (χ0) is 10.1. The highest BCUT2D eigenvalue weighted by Crippen LogP contribution is 2.29.